The van der Waals surface area contributed by atoms with Gasteiger partial charge in [-0.2, -0.15) is 0 Å². The van der Waals surface area contributed by atoms with Crippen molar-refractivity contribution in [2.45, 2.75) is 57.4 Å². The van der Waals surface area contributed by atoms with Crippen LogP contribution in [0.3, 0.4) is 0 Å². The normalized spacial score (nSPS) is 47.1. The van der Waals surface area contributed by atoms with Gasteiger partial charge < -0.3 is 10.4 Å². The average Bonchev–Trinajstić information content (AvgIpc) is 2.26. The number of aliphatic hydroxyl groups is 1. The van der Waals surface area contributed by atoms with Crippen LogP contribution >= 0.6 is 0 Å². The summed E-state index contributed by atoms with van der Waals surface area (Å²) in [6.07, 6.45) is 10.0. The molecule has 98 valence electrons. The Hall–Kier alpha value is -0.0800. The van der Waals surface area contributed by atoms with E-state index < -0.39 is 0 Å². The maximum Gasteiger partial charge on any atom is 0.0610 e. The maximum atomic E-state index is 9.62. The smallest absolute Gasteiger partial charge is 0.0610 e. The van der Waals surface area contributed by atoms with Crippen molar-refractivity contribution in [3.63, 3.8) is 0 Å². The largest absolute Gasteiger partial charge is 0.394 e. The summed E-state index contributed by atoms with van der Waals surface area (Å²) < 4.78 is 0. The van der Waals surface area contributed by atoms with Crippen LogP contribution in [-0.4, -0.2) is 24.3 Å². The summed E-state index contributed by atoms with van der Waals surface area (Å²) >= 11 is 0. The lowest BCUT2D eigenvalue weighted by Crippen LogP contribution is -2.53. The zero-order valence-corrected chi connectivity index (χ0v) is 11.3. The molecule has 0 radical (unpaired) electrons. The molecule has 2 N–H and O–H groups in total. The highest BCUT2D eigenvalue weighted by molar-refractivity contribution is 5.04. The van der Waals surface area contributed by atoms with E-state index in [-0.39, 0.29) is 12.1 Å². The Morgan fingerprint density at radius 3 is 1.94 bits per heavy atom. The van der Waals surface area contributed by atoms with E-state index >= 15 is 0 Å². The Balaban J connectivity index is 1.78. The molecular formula is C15H27NO. The predicted molar refractivity (Wildman–Crippen MR) is 69.8 cm³/mol. The summed E-state index contributed by atoms with van der Waals surface area (Å²) in [4.78, 5) is 0. The van der Waals surface area contributed by atoms with E-state index in [1.54, 1.807) is 0 Å². The van der Waals surface area contributed by atoms with Crippen molar-refractivity contribution in [3.8, 4) is 0 Å². The highest BCUT2D eigenvalue weighted by atomic mass is 16.3. The Bertz CT molecular complexity index is 260. The van der Waals surface area contributed by atoms with Crippen molar-refractivity contribution in [1.82, 2.24) is 5.32 Å². The van der Waals surface area contributed by atoms with Crippen LogP contribution in [-0.2, 0) is 0 Å². The molecule has 0 saturated heterocycles. The summed E-state index contributed by atoms with van der Waals surface area (Å²) in [7, 11) is 2.00. The molecule has 17 heavy (non-hydrogen) atoms. The monoisotopic (exact) mass is 237 g/mol. The van der Waals surface area contributed by atoms with Crippen LogP contribution in [0.2, 0.25) is 0 Å². The summed E-state index contributed by atoms with van der Waals surface area (Å²) in [5.74, 6) is 3.04. The van der Waals surface area contributed by atoms with Gasteiger partial charge in [0.1, 0.15) is 0 Å². The Morgan fingerprint density at radius 2 is 1.59 bits per heavy atom. The standard InChI is InChI=1S/C15H27NO/c1-14(10-17,16-2)9-15-6-11-3-12(7-15)5-13(4-11)8-15/h11-13,16-17H,3-10H2,1-2H3. The first-order chi connectivity index (χ1) is 8.06. The second-order valence-corrected chi connectivity index (χ2v) is 7.56. The van der Waals surface area contributed by atoms with Gasteiger partial charge in [-0.1, -0.05) is 0 Å². The third-order valence-corrected chi connectivity index (χ3v) is 5.88. The molecule has 0 aliphatic heterocycles. The van der Waals surface area contributed by atoms with Crippen LogP contribution in [0.5, 0.6) is 0 Å². The molecule has 2 nitrogen and oxygen atoms in total. The molecule has 0 heterocycles. The molecule has 4 aliphatic rings. The average molecular weight is 237 g/mol. The van der Waals surface area contributed by atoms with E-state index in [2.05, 4.69) is 12.2 Å². The number of nitrogens with one attached hydrogen (secondary N) is 1. The van der Waals surface area contributed by atoms with E-state index in [0.717, 1.165) is 17.8 Å². The quantitative estimate of drug-likeness (QED) is 0.787. The van der Waals surface area contributed by atoms with Crippen molar-refractivity contribution in [2.75, 3.05) is 13.7 Å². The molecule has 2 heteroatoms. The summed E-state index contributed by atoms with van der Waals surface area (Å²) in [6, 6.07) is 0. The maximum absolute atomic E-state index is 9.62. The second kappa shape index (κ2) is 3.96. The van der Waals surface area contributed by atoms with Gasteiger partial charge in [-0.25, -0.2) is 0 Å². The molecule has 0 aromatic carbocycles. The molecule has 1 atom stereocenters. The molecule has 4 fully saturated rings. The number of hydrogen-bond donors (Lipinski definition) is 2. The summed E-state index contributed by atoms with van der Waals surface area (Å²) in [5, 5.41) is 13.0. The van der Waals surface area contributed by atoms with Crippen LogP contribution in [0.1, 0.15) is 51.9 Å². The van der Waals surface area contributed by atoms with Crippen molar-refractivity contribution < 1.29 is 5.11 Å². The number of likely N-dealkylation sites (N-methyl/N-ethyl adjacent to an activating group) is 1. The van der Waals surface area contributed by atoms with Crippen LogP contribution in [0.15, 0.2) is 0 Å². The van der Waals surface area contributed by atoms with Gasteiger partial charge in [0.2, 0.25) is 0 Å². The molecular weight excluding hydrogens is 210 g/mol. The molecule has 4 bridgehead atoms. The minimum Gasteiger partial charge on any atom is -0.394 e. The summed E-state index contributed by atoms with van der Waals surface area (Å²) in [5.41, 5.74) is 0.501. The van der Waals surface area contributed by atoms with E-state index in [1.165, 1.54) is 44.9 Å². The first kappa shape index (κ1) is 12.0. The second-order valence-electron chi connectivity index (χ2n) is 7.56. The first-order valence-corrected chi connectivity index (χ1v) is 7.36. The minimum absolute atomic E-state index is 0.0638. The molecule has 4 aliphatic carbocycles. The molecule has 0 aromatic heterocycles. The van der Waals surface area contributed by atoms with Gasteiger partial charge >= 0.3 is 0 Å². The van der Waals surface area contributed by atoms with Gasteiger partial charge in [-0.05, 0) is 82.1 Å². The highest BCUT2D eigenvalue weighted by Gasteiger charge is 2.52. The summed E-state index contributed by atoms with van der Waals surface area (Å²) in [6.45, 7) is 2.46. The van der Waals surface area contributed by atoms with Crippen LogP contribution in [0, 0.1) is 23.2 Å². The van der Waals surface area contributed by atoms with E-state index in [9.17, 15) is 5.11 Å². The van der Waals surface area contributed by atoms with Gasteiger partial charge in [0.05, 0.1) is 6.61 Å². The van der Waals surface area contributed by atoms with Crippen LogP contribution in [0.4, 0.5) is 0 Å². The first-order valence-electron chi connectivity index (χ1n) is 7.36. The lowest BCUT2D eigenvalue weighted by Gasteiger charge is -2.58. The fourth-order valence-corrected chi connectivity index (χ4v) is 5.56. The highest BCUT2D eigenvalue weighted by Crippen LogP contribution is 2.62. The molecule has 0 aromatic rings. The SMILES string of the molecule is CNC(C)(CO)CC12CC3CC(CC(C3)C1)C2. The zero-order chi connectivity index (χ0) is 12.1. The molecule has 0 spiro atoms. The van der Waals surface area contributed by atoms with E-state index in [1.807, 2.05) is 7.05 Å². The van der Waals surface area contributed by atoms with Gasteiger partial charge in [-0.3, -0.25) is 0 Å². The van der Waals surface area contributed by atoms with Crippen LogP contribution in [0.25, 0.3) is 0 Å². The number of hydrogen-bond acceptors (Lipinski definition) is 2. The van der Waals surface area contributed by atoms with E-state index in [0.29, 0.717) is 5.41 Å². The molecule has 1 unspecified atom stereocenters. The van der Waals surface area contributed by atoms with Gasteiger partial charge in [-0.15, -0.1) is 0 Å². The van der Waals surface area contributed by atoms with Gasteiger partial charge in [0.25, 0.3) is 0 Å². The Morgan fingerprint density at radius 1 is 1.12 bits per heavy atom. The lowest BCUT2D eigenvalue weighted by molar-refractivity contribution is -0.0736. The zero-order valence-electron chi connectivity index (χ0n) is 11.3. The van der Waals surface area contributed by atoms with Gasteiger partial charge in [0, 0.05) is 5.54 Å². The molecule has 4 rings (SSSR count). The Labute approximate surface area is 105 Å². The fourth-order valence-electron chi connectivity index (χ4n) is 5.56. The van der Waals surface area contributed by atoms with E-state index in [4.69, 9.17) is 0 Å². The molecule has 4 saturated carbocycles. The molecule has 0 amide bonds. The van der Waals surface area contributed by atoms with Crippen molar-refractivity contribution in [3.05, 3.63) is 0 Å². The predicted octanol–water partition coefficient (Wildman–Crippen LogP) is 2.56. The number of aliphatic hydroxyl groups excluding tert-OH is 1. The van der Waals surface area contributed by atoms with Crippen molar-refractivity contribution in [1.29, 1.82) is 0 Å². The Kier molecular flexibility index (Phi) is 2.79. The van der Waals surface area contributed by atoms with Crippen molar-refractivity contribution >= 4 is 0 Å². The van der Waals surface area contributed by atoms with Gasteiger partial charge in [0.15, 0.2) is 0 Å². The third kappa shape index (κ3) is 2.04. The van der Waals surface area contributed by atoms with Crippen LogP contribution < -0.4 is 5.32 Å². The number of rotatable bonds is 4. The third-order valence-electron chi connectivity index (χ3n) is 5.88. The fraction of sp³-hybridized carbons (Fsp3) is 1.00. The van der Waals surface area contributed by atoms with Crippen molar-refractivity contribution in [2.24, 2.45) is 23.2 Å². The lowest BCUT2D eigenvalue weighted by atomic mass is 9.47. The minimum atomic E-state index is -0.0638. The topological polar surface area (TPSA) is 32.3 Å².